The average Bonchev–Trinajstić information content (AvgIpc) is 2.60. The minimum absolute atomic E-state index is 0.481. The van der Waals surface area contributed by atoms with E-state index in [0.717, 1.165) is 18.0 Å². The number of fused-ring (bicyclic) bond motifs is 1. The Kier molecular flexibility index (Phi) is 2.17. The third kappa shape index (κ3) is 1.30. The molecule has 2 aromatic rings. The number of hydrogen-bond donors (Lipinski definition) is 0. The van der Waals surface area contributed by atoms with Crippen LogP contribution >= 0.6 is 27.7 Å². The van der Waals surface area contributed by atoms with Crippen molar-refractivity contribution in [1.29, 1.82) is 0 Å². The normalized spacial score (nSPS) is 10.5. The molecule has 3 nitrogen and oxygen atoms in total. The summed E-state index contributed by atoms with van der Waals surface area (Å²) in [4.78, 5) is 10.6. The molecule has 0 spiro atoms. The molecule has 0 unspecified atom stereocenters. The van der Waals surface area contributed by atoms with Gasteiger partial charge >= 0.3 is 0 Å². The van der Waals surface area contributed by atoms with Crippen LogP contribution in [0.25, 0.3) is 11.0 Å². The molecule has 0 atom stereocenters. The number of rotatable bonds is 1. The van der Waals surface area contributed by atoms with Crippen LogP contribution < -0.4 is 5.46 Å². The number of benzene rings is 1. The summed E-state index contributed by atoms with van der Waals surface area (Å²) in [5, 5.41) is 0. The quantitative estimate of drug-likeness (QED) is 0.563. The van der Waals surface area contributed by atoms with E-state index in [2.05, 4.69) is 24.7 Å². The fourth-order valence-electron chi connectivity index (χ4n) is 1.04. The largest absolute Gasteiger partial charge is 0.298 e. The van der Waals surface area contributed by atoms with Crippen LogP contribution in [0.1, 0.15) is 10.4 Å². The van der Waals surface area contributed by atoms with Gasteiger partial charge in [-0.2, -0.15) is 8.75 Å². The predicted octanol–water partition coefficient (Wildman–Crippen LogP) is 1.06. The van der Waals surface area contributed by atoms with E-state index in [0.29, 0.717) is 26.5 Å². The summed E-state index contributed by atoms with van der Waals surface area (Å²) in [5.74, 6) is 0. The third-order valence-corrected chi connectivity index (χ3v) is 3.02. The minimum atomic E-state index is 0.481. The topological polar surface area (TPSA) is 42.9 Å². The van der Waals surface area contributed by atoms with Gasteiger partial charge < -0.3 is 0 Å². The molecule has 13 heavy (non-hydrogen) atoms. The molecule has 0 saturated heterocycles. The lowest BCUT2D eigenvalue weighted by molar-refractivity contribution is 0.112. The van der Waals surface area contributed by atoms with Gasteiger partial charge in [-0.3, -0.25) is 4.79 Å². The molecule has 0 fully saturated rings. The van der Waals surface area contributed by atoms with Gasteiger partial charge in [-0.1, -0.05) is 11.5 Å². The summed E-state index contributed by atoms with van der Waals surface area (Å²) in [6, 6.07) is 1.58. The van der Waals surface area contributed by atoms with Crippen molar-refractivity contribution in [2.75, 3.05) is 0 Å². The van der Waals surface area contributed by atoms with Crippen LogP contribution in [-0.2, 0) is 0 Å². The molecular formula is C7H2BBrN2OS. The van der Waals surface area contributed by atoms with E-state index in [1.54, 1.807) is 6.07 Å². The van der Waals surface area contributed by atoms with Gasteiger partial charge in [0.15, 0.2) is 6.29 Å². The van der Waals surface area contributed by atoms with Crippen LogP contribution in [0.4, 0.5) is 0 Å². The molecule has 1 aromatic carbocycles. The first-order valence-corrected chi connectivity index (χ1v) is 4.92. The highest BCUT2D eigenvalue weighted by molar-refractivity contribution is 9.10. The third-order valence-electron chi connectivity index (χ3n) is 1.66. The average molecular weight is 253 g/mol. The predicted molar refractivity (Wildman–Crippen MR) is 55.9 cm³/mol. The number of halogens is 1. The second kappa shape index (κ2) is 3.19. The number of aromatic nitrogens is 2. The second-order valence-corrected chi connectivity index (χ2v) is 3.77. The van der Waals surface area contributed by atoms with Gasteiger partial charge in [-0.25, -0.2) is 0 Å². The van der Waals surface area contributed by atoms with E-state index in [-0.39, 0.29) is 0 Å². The van der Waals surface area contributed by atoms with Gasteiger partial charge in [0, 0.05) is 5.56 Å². The molecule has 2 radical (unpaired) electrons. The van der Waals surface area contributed by atoms with Gasteiger partial charge in [0.1, 0.15) is 13.4 Å². The van der Waals surface area contributed by atoms with Gasteiger partial charge in [-0.15, -0.1) is 0 Å². The van der Waals surface area contributed by atoms with Crippen molar-refractivity contribution < 1.29 is 4.79 Å². The smallest absolute Gasteiger partial charge is 0.151 e. The Balaban J connectivity index is 2.93. The van der Waals surface area contributed by atoms with E-state index in [9.17, 15) is 4.79 Å². The van der Waals surface area contributed by atoms with Gasteiger partial charge in [0.2, 0.25) is 0 Å². The molecular weight excluding hydrogens is 251 g/mol. The molecule has 0 bridgehead atoms. The molecule has 1 heterocycles. The fourth-order valence-corrected chi connectivity index (χ4v) is 2.22. The molecule has 6 heteroatoms. The van der Waals surface area contributed by atoms with Crippen molar-refractivity contribution in [1.82, 2.24) is 8.75 Å². The molecule has 0 aliphatic carbocycles. The van der Waals surface area contributed by atoms with Gasteiger partial charge in [-0.05, 0) is 15.9 Å². The Morgan fingerprint density at radius 3 is 2.85 bits per heavy atom. The molecule has 0 aliphatic heterocycles. The molecule has 0 amide bonds. The Morgan fingerprint density at radius 2 is 2.15 bits per heavy atom. The molecule has 0 saturated carbocycles. The highest BCUT2D eigenvalue weighted by Crippen LogP contribution is 2.23. The zero-order valence-electron chi connectivity index (χ0n) is 6.32. The summed E-state index contributed by atoms with van der Waals surface area (Å²) in [5.41, 5.74) is 2.27. The molecule has 62 valence electrons. The summed E-state index contributed by atoms with van der Waals surface area (Å²) in [6.45, 7) is 0. The lowest BCUT2D eigenvalue weighted by atomic mass is 9.93. The van der Waals surface area contributed by atoms with Crippen molar-refractivity contribution in [3.8, 4) is 0 Å². The highest BCUT2D eigenvalue weighted by Gasteiger charge is 2.10. The standard InChI is InChI=1S/C7H2BBrN2OS/c8-4-1-3(2-12)5(9)7-6(4)10-13-11-7/h1-2H. The van der Waals surface area contributed by atoms with E-state index < -0.39 is 0 Å². The van der Waals surface area contributed by atoms with Crippen LogP contribution in [-0.4, -0.2) is 22.9 Å². The van der Waals surface area contributed by atoms with Crippen LogP contribution in [0.3, 0.4) is 0 Å². The highest BCUT2D eigenvalue weighted by atomic mass is 79.9. The maximum atomic E-state index is 10.6. The lowest BCUT2D eigenvalue weighted by Gasteiger charge is -1.99. The summed E-state index contributed by atoms with van der Waals surface area (Å²) in [7, 11) is 5.67. The Morgan fingerprint density at radius 1 is 1.46 bits per heavy atom. The van der Waals surface area contributed by atoms with Crippen molar-refractivity contribution in [2.24, 2.45) is 0 Å². The second-order valence-electron chi connectivity index (χ2n) is 2.45. The molecule has 0 aliphatic rings. The fraction of sp³-hybridized carbons (Fsp3) is 0. The van der Waals surface area contributed by atoms with E-state index in [1.165, 1.54) is 0 Å². The Hall–Kier alpha value is -0.745. The van der Waals surface area contributed by atoms with E-state index in [1.807, 2.05) is 0 Å². The van der Waals surface area contributed by atoms with Crippen molar-refractivity contribution >= 4 is 58.3 Å². The number of carbonyl (C=O) groups is 1. The number of hydrogen-bond acceptors (Lipinski definition) is 4. The number of aldehydes is 1. The molecule has 1 aromatic heterocycles. The summed E-state index contributed by atoms with van der Waals surface area (Å²) < 4.78 is 8.70. The van der Waals surface area contributed by atoms with Crippen molar-refractivity contribution in [3.05, 3.63) is 16.1 Å². The Bertz CT molecular complexity index is 485. The first-order valence-electron chi connectivity index (χ1n) is 3.39. The SMILES string of the molecule is [B]c1cc(C=O)c(Br)c2nsnc12. The molecule has 2 rings (SSSR count). The first kappa shape index (κ1) is 8.84. The summed E-state index contributed by atoms with van der Waals surface area (Å²) >= 11 is 4.35. The van der Waals surface area contributed by atoms with Gasteiger partial charge in [0.25, 0.3) is 0 Å². The Labute approximate surface area is 88.0 Å². The van der Waals surface area contributed by atoms with Crippen molar-refractivity contribution in [3.63, 3.8) is 0 Å². The maximum absolute atomic E-state index is 10.6. The van der Waals surface area contributed by atoms with E-state index in [4.69, 9.17) is 7.85 Å². The number of carbonyl (C=O) groups excluding carboxylic acids is 1. The monoisotopic (exact) mass is 252 g/mol. The number of nitrogens with zero attached hydrogens (tertiary/aromatic N) is 2. The van der Waals surface area contributed by atoms with Crippen molar-refractivity contribution in [2.45, 2.75) is 0 Å². The van der Waals surface area contributed by atoms with Crippen LogP contribution in [0.5, 0.6) is 0 Å². The first-order chi connectivity index (χ1) is 6.24. The van der Waals surface area contributed by atoms with Gasteiger partial charge in [0.05, 0.1) is 21.7 Å². The summed E-state index contributed by atoms with van der Waals surface area (Å²) in [6.07, 6.45) is 0.735. The zero-order valence-corrected chi connectivity index (χ0v) is 8.72. The van der Waals surface area contributed by atoms with Crippen LogP contribution in [0.15, 0.2) is 10.5 Å². The zero-order chi connectivity index (χ0) is 9.42. The van der Waals surface area contributed by atoms with E-state index >= 15 is 0 Å². The lowest BCUT2D eigenvalue weighted by Crippen LogP contribution is -2.06. The minimum Gasteiger partial charge on any atom is -0.298 e. The van der Waals surface area contributed by atoms with Crippen LogP contribution in [0, 0.1) is 0 Å². The van der Waals surface area contributed by atoms with Crippen LogP contribution in [0.2, 0.25) is 0 Å². The molecule has 0 N–H and O–H groups in total. The maximum Gasteiger partial charge on any atom is 0.151 e.